The van der Waals surface area contributed by atoms with Gasteiger partial charge in [-0.3, -0.25) is 4.90 Å². The molecule has 17 heavy (non-hydrogen) atoms. The molecule has 0 aromatic rings. The van der Waals surface area contributed by atoms with Crippen LogP contribution in [0.25, 0.3) is 0 Å². The van der Waals surface area contributed by atoms with Gasteiger partial charge in [-0.05, 0) is 27.7 Å². The molecule has 1 amide bonds. The molecule has 0 aromatic carbocycles. The molecule has 4 nitrogen and oxygen atoms in total. The lowest BCUT2D eigenvalue weighted by molar-refractivity contribution is 0.00299. The summed E-state index contributed by atoms with van der Waals surface area (Å²) < 4.78 is 5.37. The molecule has 0 bridgehead atoms. The Bertz CT molecular complexity index is 314. The molecule has 0 N–H and O–H groups in total. The van der Waals surface area contributed by atoms with E-state index in [1.54, 1.807) is 4.90 Å². The Morgan fingerprint density at radius 1 is 1.47 bits per heavy atom. The van der Waals surface area contributed by atoms with Gasteiger partial charge in [-0.15, -0.1) is 6.42 Å². The van der Waals surface area contributed by atoms with Gasteiger partial charge in [0.15, 0.2) is 0 Å². The highest BCUT2D eigenvalue weighted by molar-refractivity contribution is 5.68. The average Bonchev–Trinajstić information content (AvgIpc) is 2.15. The van der Waals surface area contributed by atoms with Crippen molar-refractivity contribution in [2.75, 3.05) is 26.2 Å². The summed E-state index contributed by atoms with van der Waals surface area (Å²) in [5, 5.41) is 0. The SMILES string of the molecule is C#CCN1CCN(C(=O)OC(C)(C)C)C(C)C1. The minimum Gasteiger partial charge on any atom is -0.444 e. The molecule has 1 aliphatic rings. The Labute approximate surface area is 104 Å². The molecule has 1 fully saturated rings. The molecule has 1 saturated heterocycles. The highest BCUT2D eigenvalue weighted by Gasteiger charge is 2.30. The number of piperazine rings is 1. The summed E-state index contributed by atoms with van der Waals surface area (Å²) in [6.07, 6.45) is 5.05. The van der Waals surface area contributed by atoms with Crippen molar-refractivity contribution < 1.29 is 9.53 Å². The highest BCUT2D eigenvalue weighted by Crippen LogP contribution is 2.15. The Hall–Kier alpha value is -1.21. The maximum atomic E-state index is 11.9. The van der Waals surface area contributed by atoms with Crippen LogP contribution in [0.2, 0.25) is 0 Å². The topological polar surface area (TPSA) is 32.8 Å². The molecule has 1 rings (SSSR count). The second-order valence-electron chi connectivity index (χ2n) is 5.46. The Morgan fingerprint density at radius 3 is 2.59 bits per heavy atom. The van der Waals surface area contributed by atoms with Crippen LogP contribution >= 0.6 is 0 Å². The van der Waals surface area contributed by atoms with E-state index in [-0.39, 0.29) is 12.1 Å². The first-order valence-corrected chi connectivity index (χ1v) is 5.99. The van der Waals surface area contributed by atoms with Gasteiger partial charge in [-0.1, -0.05) is 5.92 Å². The molecule has 1 unspecified atom stereocenters. The van der Waals surface area contributed by atoms with Crippen LogP contribution in [0.5, 0.6) is 0 Å². The van der Waals surface area contributed by atoms with E-state index in [1.165, 1.54) is 0 Å². The summed E-state index contributed by atoms with van der Waals surface area (Å²) in [6, 6.07) is 0.145. The zero-order chi connectivity index (χ0) is 13.1. The van der Waals surface area contributed by atoms with Crippen LogP contribution in [0.15, 0.2) is 0 Å². The van der Waals surface area contributed by atoms with E-state index in [2.05, 4.69) is 10.8 Å². The molecule has 0 aromatic heterocycles. The van der Waals surface area contributed by atoms with E-state index in [4.69, 9.17) is 11.2 Å². The number of nitrogens with zero attached hydrogens (tertiary/aromatic N) is 2. The van der Waals surface area contributed by atoms with Crippen LogP contribution in [-0.4, -0.2) is 53.7 Å². The van der Waals surface area contributed by atoms with Crippen molar-refractivity contribution in [3.63, 3.8) is 0 Å². The number of carbonyl (C=O) groups excluding carboxylic acids is 1. The molecule has 1 aliphatic heterocycles. The molecular weight excluding hydrogens is 216 g/mol. The third-order valence-corrected chi connectivity index (χ3v) is 2.65. The fourth-order valence-electron chi connectivity index (χ4n) is 1.90. The largest absolute Gasteiger partial charge is 0.444 e. The fourth-order valence-corrected chi connectivity index (χ4v) is 1.90. The second kappa shape index (κ2) is 5.42. The van der Waals surface area contributed by atoms with Crippen LogP contribution in [-0.2, 0) is 4.74 Å². The summed E-state index contributed by atoms with van der Waals surface area (Å²) in [7, 11) is 0. The summed E-state index contributed by atoms with van der Waals surface area (Å²) in [5.41, 5.74) is -0.438. The van der Waals surface area contributed by atoms with Crippen molar-refractivity contribution in [1.29, 1.82) is 0 Å². The number of rotatable bonds is 1. The van der Waals surface area contributed by atoms with E-state index >= 15 is 0 Å². The van der Waals surface area contributed by atoms with E-state index in [9.17, 15) is 4.79 Å². The summed E-state index contributed by atoms with van der Waals surface area (Å²) in [5.74, 6) is 2.63. The molecule has 0 spiro atoms. The fraction of sp³-hybridized carbons (Fsp3) is 0.769. The quantitative estimate of drug-likeness (QED) is 0.650. The Morgan fingerprint density at radius 2 is 2.12 bits per heavy atom. The number of hydrogen-bond acceptors (Lipinski definition) is 3. The minimum atomic E-state index is -0.438. The van der Waals surface area contributed by atoms with E-state index in [0.717, 1.165) is 13.1 Å². The number of terminal acetylenes is 1. The number of hydrogen-bond donors (Lipinski definition) is 0. The lowest BCUT2D eigenvalue weighted by Gasteiger charge is -2.39. The summed E-state index contributed by atoms with van der Waals surface area (Å²) in [6.45, 7) is 10.6. The van der Waals surface area contributed by atoms with Crippen LogP contribution in [0.1, 0.15) is 27.7 Å². The molecular formula is C13H22N2O2. The van der Waals surface area contributed by atoms with Gasteiger partial charge in [0.1, 0.15) is 5.60 Å². The molecule has 0 radical (unpaired) electrons. The summed E-state index contributed by atoms with van der Waals surface area (Å²) >= 11 is 0. The smallest absolute Gasteiger partial charge is 0.410 e. The normalized spacial score (nSPS) is 22.1. The van der Waals surface area contributed by atoms with Crippen LogP contribution < -0.4 is 0 Å². The highest BCUT2D eigenvalue weighted by atomic mass is 16.6. The average molecular weight is 238 g/mol. The van der Waals surface area contributed by atoms with Gasteiger partial charge in [0.2, 0.25) is 0 Å². The van der Waals surface area contributed by atoms with Gasteiger partial charge in [0.05, 0.1) is 6.54 Å². The van der Waals surface area contributed by atoms with Crippen LogP contribution in [0.4, 0.5) is 4.79 Å². The molecule has 1 atom stereocenters. The molecule has 1 heterocycles. The number of amides is 1. The molecule has 4 heteroatoms. The van der Waals surface area contributed by atoms with Gasteiger partial charge in [-0.2, -0.15) is 0 Å². The summed E-state index contributed by atoms with van der Waals surface area (Å²) in [4.78, 5) is 15.9. The van der Waals surface area contributed by atoms with Gasteiger partial charge < -0.3 is 9.64 Å². The first kappa shape index (κ1) is 13.9. The van der Waals surface area contributed by atoms with Gasteiger partial charge in [-0.25, -0.2) is 4.79 Å². The minimum absolute atomic E-state index is 0.145. The van der Waals surface area contributed by atoms with Crippen molar-refractivity contribution in [1.82, 2.24) is 9.80 Å². The van der Waals surface area contributed by atoms with Crippen molar-refractivity contribution in [2.45, 2.75) is 39.3 Å². The van der Waals surface area contributed by atoms with Crippen LogP contribution in [0, 0.1) is 12.3 Å². The van der Waals surface area contributed by atoms with Crippen molar-refractivity contribution in [3.05, 3.63) is 0 Å². The van der Waals surface area contributed by atoms with E-state index in [0.29, 0.717) is 13.1 Å². The maximum Gasteiger partial charge on any atom is 0.410 e. The maximum absolute atomic E-state index is 11.9. The van der Waals surface area contributed by atoms with Crippen molar-refractivity contribution in [3.8, 4) is 12.3 Å². The van der Waals surface area contributed by atoms with Gasteiger partial charge in [0.25, 0.3) is 0 Å². The predicted octanol–water partition coefficient (Wildman–Crippen LogP) is 1.56. The van der Waals surface area contributed by atoms with Crippen LogP contribution in [0.3, 0.4) is 0 Å². The lowest BCUT2D eigenvalue weighted by atomic mass is 10.2. The van der Waals surface area contributed by atoms with E-state index in [1.807, 2.05) is 27.7 Å². The molecule has 0 aliphatic carbocycles. The van der Waals surface area contributed by atoms with Crippen molar-refractivity contribution in [2.24, 2.45) is 0 Å². The third-order valence-electron chi connectivity index (χ3n) is 2.65. The number of carbonyl (C=O) groups is 1. The predicted molar refractivity (Wildman–Crippen MR) is 67.7 cm³/mol. The lowest BCUT2D eigenvalue weighted by Crippen LogP contribution is -2.54. The van der Waals surface area contributed by atoms with E-state index < -0.39 is 5.60 Å². The van der Waals surface area contributed by atoms with Gasteiger partial charge >= 0.3 is 6.09 Å². The first-order chi connectivity index (χ1) is 7.83. The monoisotopic (exact) mass is 238 g/mol. The number of ether oxygens (including phenoxy) is 1. The first-order valence-electron chi connectivity index (χ1n) is 5.99. The third kappa shape index (κ3) is 4.27. The zero-order valence-electron chi connectivity index (χ0n) is 11.2. The van der Waals surface area contributed by atoms with Crippen molar-refractivity contribution >= 4 is 6.09 Å². The standard InChI is InChI=1S/C13H22N2O2/c1-6-7-14-8-9-15(11(2)10-14)12(16)17-13(3,4)5/h1,11H,7-10H2,2-5H3. The molecule has 96 valence electrons. The second-order valence-corrected chi connectivity index (χ2v) is 5.46. The van der Waals surface area contributed by atoms with Gasteiger partial charge in [0, 0.05) is 25.7 Å². The Balaban J connectivity index is 2.52. The Kier molecular flexibility index (Phi) is 4.41. The zero-order valence-corrected chi connectivity index (χ0v) is 11.2. The molecule has 0 saturated carbocycles.